The molecule has 1 aromatic carbocycles. The number of hydrazine groups is 1. The van der Waals surface area contributed by atoms with Gasteiger partial charge in [-0.15, -0.1) is 11.3 Å². The summed E-state index contributed by atoms with van der Waals surface area (Å²) in [4.78, 5) is 1.22. The summed E-state index contributed by atoms with van der Waals surface area (Å²) >= 11 is 1.71. The van der Waals surface area contributed by atoms with E-state index in [2.05, 4.69) is 11.5 Å². The van der Waals surface area contributed by atoms with Gasteiger partial charge in [0.05, 0.1) is 6.04 Å². The molecule has 0 bridgehead atoms. The summed E-state index contributed by atoms with van der Waals surface area (Å²) in [5.41, 5.74) is 2.91. The molecule has 0 spiro atoms. The second kappa shape index (κ2) is 4.37. The SMILES string of the molecule is NNC(c1cc2cc(F)ccc2s1)C1CCC1. The van der Waals surface area contributed by atoms with Gasteiger partial charge in [0, 0.05) is 9.58 Å². The molecule has 2 nitrogen and oxygen atoms in total. The summed E-state index contributed by atoms with van der Waals surface area (Å²) in [5, 5.41) is 0.976. The van der Waals surface area contributed by atoms with Crippen molar-refractivity contribution in [1.82, 2.24) is 5.43 Å². The third-order valence-corrected chi connectivity index (χ3v) is 4.80. The van der Waals surface area contributed by atoms with Gasteiger partial charge in [-0.25, -0.2) is 4.39 Å². The number of nitrogens with two attached hydrogens (primary N) is 1. The molecule has 0 saturated heterocycles. The summed E-state index contributed by atoms with van der Waals surface area (Å²) < 4.78 is 14.3. The van der Waals surface area contributed by atoms with Gasteiger partial charge in [0.15, 0.2) is 0 Å². The predicted octanol–water partition coefficient (Wildman–Crippen LogP) is 3.34. The van der Waals surface area contributed by atoms with Crippen molar-refractivity contribution in [2.75, 3.05) is 0 Å². The summed E-state index contributed by atoms with van der Waals surface area (Å²) in [6.07, 6.45) is 3.76. The van der Waals surface area contributed by atoms with Crippen molar-refractivity contribution >= 4 is 21.4 Å². The summed E-state index contributed by atoms with van der Waals surface area (Å²) in [6.45, 7) is 0. The van der Waals surface area contributed by atoms with Gasteiger partial charge >= 0.3 is 0 Å². The van der Waals surface area contributed by atoms with Gasteiger partial charge in [0.25, 0.3) is 0 Å². The lowest BCUT2D eigenvalue weighted by Crippen LogP contribution is -2.35. The number of fused-ring (bicyclic) bond motifs is 1. The Bertz CT molecular complexity index is 533. The molecule has 1 aliphatic rings. The van der Waals surface area contributed by atoms with E-state index in [0.717, 1.165) is 10.1 Å². The van der Waals surface area contributed by atoms with Crippen molar-refractivity contribution in [3.63, 3.8) is 0 Å². The maximum atomic E-state index is 13.1. The van der Waals surface area contributed by atoms with E-state index in [1.807, 2.05) is 6.07 Å². The van der Waals surface area contributed by atoms with E-state index >= 15 is 0 Å². The van der Waals surface area contributed by atoms with E-state index in [-0.39, 0.29) is 11.9 Å². The minimum atomic E-state index is -0.178. The third kappa shape index (κ3) is 1.97. The minimum absolute atomic E-state index is 0.178. The van der Waals surface area contributed by atoms with E-state index < -0.39 is 0 Å². The minimum Gasteiger partial charge on any atom is -0.271 e. The number of hydrogen-bond acceptors (Lipinski definition) is 3. The van der Waals surface area contributed by atoms with Gasteiger partial charge < -0.3 is 0 Å². The zero-order valence-electron chi connectivity index (χ0n) is 9.45. The molecule has 17 heavy (non-hydrogen) atoms. The highest BCUT2D eigenvalue weighted by molar-refractivity contribution is 7.19. The first kappa shape index (κ1) is 11.1. The highest BCUT2D eigenvalue weighted by Crippen LogP contribution is 2.41. The molecule has 1 unspecified atom stereocenters. The van der Waals surface area contributed by atoms with Crippen LogP contribution >= 0.6 is 11.3 Å². The molecule has 0 radical (unpaired) electrons. The van der Waals surface area contributed by atoms with Crippen LogP contribution in [0.5, 0.6) is 0 Å². The molecule has 1 aromatic heterocycles. The second-order valence-electron chi connectivity index (χ2n) is 4.67. The van der Waals surface area contributed by atoms with Crippen molar-refractivity contribution in [3.05, 3.63) is 35.0 Å². The Kier molecular flexibility index (Phi) is 2.86. The Balaban J connectivity index is 1.98. The molecule has 0 aliphatic heterocycles. The molecule has 4 heteroatoms. The van der Waals surface area contributed by atoms with Gasteiger partial charge in [-0.3, -0.25) is 11.3 Å². The van der Waals surface area contributed by atoms with Crippen molar-refractivity contribution < 1.29 is 4.39 Å². The van der Waals surface area contributed by atoms with E-state index in [9.17, 15) is 4.39 Å². The Morgan fingerprint density at radius 3 is 2.82 bits per heavy atom. The summed E-state index contributed by atoms with van der Waals surface area (Å²) in [5.74, 6) is 6.11. The van der Waals surface area contributed by atoms with Crippen LogP contribution in [0.3, 0.4) is 0 Å². The fourth-order valence-electron chi connectivity index (χ4n) is 2.41. The fraction of sp³-hybridized carbons (Fsp3) is 0.385. The zero-order valence-corrected chi connectivity index (χ0v) is 10.3. The maximum absolute atomic E-state index is 13.1. The first-order chi connectivity index (χ1) is 8.28. The maximum Gasteiger partial charge on any atom is 0.123 e. The summed E-state index contributed by atoms with van der Waals surface area (Å²) in [6, 6.07) is 7.23. The van der Waals surface area contributed by atoms with Crippen molar-refractivity contribution in [2.24, 2.45) is 11.8 Å². The monoisotopic (exact) mass is 250 g/mol. The van der Waals surface area contributed by atoms with Crippen LogP contribution in [-0.2, 0) is 0 Å². The molecule has 1 fully saturated rings. The van der Waals surface area contributed by atoms with Gasteiger partial charge in [0.2, 0.25) is 0 Å². The average Bonchev–Trinajstić information content (AvgIpc) is 2.65. The number of rotatable bonds is 3. The second-order valence-corrected chi connectivity index (χ2v) is 5.78. The lowest BCUT2D eigenvalue weighted by Gasteiger charge is -2.32. The highest BCUT2D eigenvalue weighted by atomic mass is 32.1. The molecular weight excluding hydrogens is 235 g/mol. The number of benzene rings is 1. The molecule has 2 aromatic rings. The standard InChI is InChI=1S/C13H15FN2S/c14-10-4-5-11-9(6-10)7-12(17-11)13(16-15)8-2-1-3-8/h4-8,13,16H,1-3,15H2. The molecule has 1 heterocycles. The van der Waals surface area contributed by atoms with Crippen molar-refractivity contribution in [1.29, 1.82) is 0 Å². The van der Waals surface area contributed by atoms with Crippen LogP contribution in [-0.4, -0.2) is 0 Å². The van der Waals surface area contributed by atoms with Crippen molar-refractivity contribution in [2.45, 2.75) is 25.3 Å². The first-order valence-corrected chi connectivity index (χ1v) is 6.74. The Morgan fingerprint density at radius 2 is 2.18 bits per heavy atom. The number of nitrogens with one attached hydrogen (secondary N) is 1. The van der Waals surface area contributed by atoms with Crippen LogP contribution in [0.25, 0.3) is 10.1 Å². The zero-order chi connectivity index (χ0) is 11.8. The van der Waals surface area contributed by atoms with Crippen LogP contribution in [0.15, 0.2) is 24.3 Å². The van der Waals surface area contributed by atoms with E-state index in [1.165, 1.54) is 30.2 Å². The summed E-state index contributed by atoms with van der Waals surface area (Å²) in [7, 11) is 0. The van der Waals surface area contributed by atoms with Gasteiger partial charge in [-0.2, -0.15) is 0 Å². The lowest BCUT2D eigenvalue weighted by molar-refractivity contribution is 0.235. The van der Waals surface area contributed by atoms with Crippen molar-refractivity contribution in [3.8, 4) is 0 Å². The van der Waals surface area contributed by atoms with E-state index in [0.29, 0.717) is 5.92 Å². The largest absolute Gasteiger partial charge is 0.271 e. The van der Waals surface area contributed by atoms with Gasteiger partial charge in [-0.05, 0) is 48.4 Å². The van der Waals surface area contributed by atoms with Crippen LogP contribution in [0, 0.1) is 11.7 Å². The Morgan fingerprint density at radius 1 is 1.35 bits per heavy atom. The van der Waals surface area contributed by atoms with Crippen LogP contribution in [0.1, 0.15) is 30.2 Å². The van der Waals surface area contributed by atoms with Crippen LogP contribution in [0.2, 0.25) is 0 Å². The molecule has 90 valence electrons. The quantitative estimate of drug-likeness (QED) is 0.647. The predicted molar refractivity (Wildman–Crippen MR) is 69.2 cm³/mol. The van der Waals surface area contributed by atoms with E-state index in [4.69, 9.17) is 5.84 Å². The number of halogens is 1. The third-order valence-electron chi connectivity index (χ3n) is 3.60. The Hall–Kier alpha value is -0.970. The highest BCUT2D eigenvalue weighted by Gasteiger charge is 2.28. The topological polar surface area (TPSA) is 38.0 Å². The van der Waals surface area contributed by atoms with Gasteiger partial charge in [0.1, 0.15) is 5.82 Å². The molecule has 1 saturated carbocycles. The number of hydrogen-bond donors (Lipinski definition) is 2. The first-order valence-electron chi connectivity index (χ1n) is 5.93. The van der Waals surface area contributed by atoms with Crippen LogP contribution in [0.4, 0.5) is 4.39 Å². The Labute approximate surface area is 104 Å². The normalized spacial score (nSPS) is 18.2. The van der Waals surface area contributed by atoms with E-state index in [1.54, 1.807) is 17.4 Å². The smallest absolute Gasteiger partial charge is 0.123 e. The number of thiophene rings is 1. The molecule has 1 atom stereocenters. The molecule has 0 amide bonds. The lowest BCUT2D eigenvalue weighted by atomic mass is 9.79. The average molecular weight is 250 g/mol. The molecule has 3 rings (SSSR count). The molecular formula is C13H15FN2S. The fourth-order valence-corrected chi connectivity index (χ4v) is 3.61. The van der Waals surface area contributed by atoms with Crippen LogP contribution < -0.4 is 11.3 Å². The molecule has 1 aliphatic carbocycles. The van der Waals surface area contributed by atoms with Gasteiger partial charge in [-0.1, -0.05) is 6.42 Å². The molecule has 3 N–H and O–H groups in total.